The van der Waals surface area contributed by atoms with Crippen molar-refractivity contribution in [1.82, 2.24) is 5.43 Å². The maximum Gasteiger partial charge on any atom is 0.307 e. The van der Waals surface area contributed by atoms with Crippen LogP contribution in [-0.2, 0) is 0 Å². The maximum atomic E-state index is 12.0. The van der Waals surface area contributed by atoms with Crippen LogP contribution in [0.2, 0.25) is 0 Å². The zero-order valence-corrected chi connectivity index (χ0v) is 14.6. The van der Waals surface area contributed by atoms with Crippen molar-refractivity contribution in [3.05, 3.63) is 56.6 Å². The normalized spacial score (nSPS) is 11.4. The highest BCUT2D eigenvalue weighted by Gasteiger charge is 2.14. The summed E-state index contributed by atoms with van der Waals surface area (Å²) in [6.07, 6.45) is 1.43. The number of halogens is 2. The van der Waals surface area contributed by atoms with E-state index in [1.807, 2.05) is 25.1 Å². The first-order chi connectivity index (χ1) is 10.5. The number of amides is 1. The largest absolute Gasteiger partial charge is 0.460 e. The smallest absolute Gasteiger partial charge is 0.307 e. The molecule has 0 saturated heterocycles. The van der Waals surface area contributed by atoms with Gasteiger partial charge in [-0.25, -0.2) is 5.43 Å². The van der Waals surface area contributed by atoms with Crippen molar-refractivity contribution in [1.29, 1.82) is 0 Å². The van der Waals surface area contributed by atoms with Gasteiger partial charge in [-0.2, -0.15) is 5.10 Å². The van der Waals surface area contributed by atoms with Crippen LogP contribution in [0.25, 0.3) is 11.0 Å². The van der Waals surface area contributed by atoms with E-state index in [0.717, 1.165) is 20.1 Å². The summed E-state index contributed by atoms with van der Waals surface area (Å²) in [5, 5.41) is 4.66. The molecule has 0 fully saturated rings. The summed E-state index contributed by atoms with van der Waals surface area (Å²) in [4.78, 5) is 12.0. The lowest BCUT2D eigenvalue weighted by Gasteiger charge is -1.95. The molecule has 0 bridgehead atoms. The summed E-state index contributed by atoms with van der Waals surface area (Å²) in [5.41, 5.74) is 3.01. The molecule has 1 aromatic carbocycles. The molecule has 0 aliphatic rings. The number of rotatable bonds is 3. The molecule has 22 heavy (non-hydrogen) atoms. The van der Waals surface area contributed by atoms with Crippen molar-refractivity contribution in [2.45, 2.75) is 6.92 Å². The van der Waals surface area contributed by atoms with E-state index in [2.05, 4.69) is 42.4 Å². The van der Waals surface area contributed by atoms with E-state index < -0.39 is 5.91 Å². The molecule has 0 saturated carbocycles. The molecule has 2 aromatic heterocycles. The Morgan fingerprint density at radius 2 is 2.05 bits per heavy atom. The zero-order valence-electron chi connectivity index (χ0n) is 11.4. The minimum Gasteiger partial charge on any atom is -0.460 e. The second kappa shape index (κ2) is 6.10. The third-order valence-electron chi connectivity index (χ3n) is 2.88. The van der Waals surface area contributed by atoms with Crippen LogP contribution in [0.1, 0.15) is 22.1 Å². The van der Waals surface area contributed by atoms with Crippen molar-refractivity contribution in [3.63, 3.8) is 0 Å². The second-order valence-corrected chi connectivity index (χ2v) is 6.33. The number of hydrazone groups is 1. The summed E-state index contributed by atoms with van der Waals surface area (Å²) in [5.74, 6) is 1.09. The van der Waals surface area contributed by atoms with Crippen LogP contribution in [0, 0.1) is 6.92 Å². The van der Waals surface area contributed by atoms with Crippen LogP contribution in [0.5, 0.6) is 0 Å². The fraction of sp³-hybridized carbons (Fsp3) is 0.0667. The molecular formula is C15H10Br2N2O3. The number of benzene rings is 1. The van der Waals surface area contributed by atoms with Gasteiger partial charge in [0.25, 0.3) is 0 Å². The van der Waals surface area contributed by atoms with E-state index in [-0.39, 0.29) is 5.76 Å². The van der Waals surface area contributed by atoms with Gasteiger partial charge in [-0.3, -0.25) is 4.79 Å². The van der Waals surface area contributed by atoms with Crippen molar-refractivity contribution >= 4 is 55.0 Å². The van der Waals surface area contributed by atoms with Gasteiger partial charge in [0, 0.05) is 9.86 Å². The summed E-state index contributed by atoms with van der Waals surface area (Å²) >= 11 is 6.79. The van der Waals surface area contributed by atoms with E-state index in [1.54, 1.807) is 12.1 Å². The topological polar surface area (TPSA) is 67.7 Å². The van der Waals surface area contributed by atoms with Crippen LogP contribution in [0.4, 0.5) is 0 Å². The van der Waals surface area contributed by atoms with Gasteiger partial charge >= 0.3 is 5.91 Å². The number of furan rings is 2. The van der Waals surface area contributed by atoms with Crippen molar-refractivity contribution in [2.75, 3.05) is 0 Å². The highest BCUT2D eigenvalue weighted by molar-refractivity contribution is 9.11. The standard InChI is InChI=1S/C15H10Br2N2O3/c1-8-2-3-11(21-8)7-18-19-15(20)13-5-9-4-10(16)6-12(17)14(9)22-13/h2-7H,1H3,(H,19,20)/b18-7-. The SMILES string of the molecule is Cc1ccc(/C=N\NC(=O)c2cc3cc(Br)cc(Br)c3o2)o1. The zero-order chi connectivity index (χ0) is 15.7. The van der Waals surface area contributed by atoms with Gasteiger partial charge in [-0.05, 0) is 53.2 Å². The molecular weight excluding hydrogens is 416 g/mol. The van der Waals surface area contributed by atoms with Crippen LogP contribution in [0.3, 0.4) is 0 Å². The molecule has 0 aliphatic carbocycles. The van der Waals surface area contributed by atoms with Gasteiger partial charge in [-0.15, -0.1) is 0 Å². The van der Waals surface area contributed by atoms with Crippen LogP contribution < -0.4 is 5.43 Å². The molecule has 112 valence electrons. The van der Waals surface area contributed by atoms with Gasteiger partial charge in [0.05, 0.1) is 10.7 Å². The molecule has 0 unspecified atom stereocenters. The predicted molar refractivity (Wildman–Crippen MR) is 90.1 cm³/mol. The predicted octanol–water partition coefficient (Wildman–Crippen LogP) is 4.62. The van der Waals surface area contributed by atoms with Crippen LogP contribution >= 0.6 is 31.9 Å². The average molecular weight is 426 g/mol. The van der Waals surface area contributed by atoms with Gasteiger partial charge in [0.15, 0.2) is 5.76 Å². The Balaban J connectivity index is 1.77. The Hall–Kier alpha value is -1.86. The van der Waals surface area contributed by atoms with Gasteiger partial charge in [0.1, 0.15) is 17.1 Å². The molecule has 2 heterocycles. The number of hydrogen-bond acceptors (Lipinski definition) is 4. The number of nitrogens with zero attached hydrogens (tertiary/aromatic N) is 1. The molecule has 7 heteroatoms. The van der Waals surface area contributed by atoms with Gasteiger partial charge < -0.3 is 8.83 Å². The molecule has 0 aliphatic heterocycles. The highest BCUT2D eigenvalue weighted by atomic mass is 79.9. The maximum absolute atomic E-state index is 12.0. The highest BCUT2D eigenvalue weighted by Crippen LogP contribution is 2.30. The molecule has 5 nitrogen and oxygen atoms in total. The molecule has 0 radical (unpaired) electrons. The summed E-state index contributed by atoms with van der Waals surface area (Å²) in [6.45, 7) is 1.83. The molecule has 1 N–H and O–H groups in total. The van der Waals surface area contributed by atoms with Crippen LogP contribution in [0.15, 0.2) is 53.2 Å². The Morgan fingerprint density at radius 3 is 2.77 bits per heavy atom. The van der Waals surface area contributed by atoms with Crippen molar-refractivity contribution in [3.8, 4) is 0 Å². The number of fused-ring (bicyclic) bond motifs is 1. The van der Waals surface area contributed by atoms with E-state index in [4.69, 9.17) is 8.83 Å². The lowest BCUT2D eigenvalue weighted by Crippen LogP contribution is -2.16. The Bertz CT molecular complexity index is 880. The Labute approximate surface area is 142 Å². The number of hydrogen-bond donors (Lipinski definition) is 1. The minimum atomic E-state index is -0.432. The third kappa shape index (κ3) is 3.15. The quantitative estimate of drug-likeness (QED) is 0.491. The third-order valence-corrected chi connectivity index (χ3v) is 3.93. The van der Waals surface area contributed by atoms with E-state index >= 15 is 0 Å². The first kappa shape index (κ1) is 15.1. The van der Waals surface area contributed by atoms with E-state index in [1.165, 1.54) is 6.21 Å². The molecule has 3 rings (SSSR count). The average Bonchev–Trinajstić information content (AvgIpc) is 3.05. The fourth-order valence-corrected chi connectivity index (χ4v) is 3.26. The van der Waals surface area contributed by atoms with Crippen LogP contribution in [-0.4, -0.2) is 12.1 Å². The lowest BCUT2D eigenvalue weighted by atomic mass is 10.2. The molecule has 3 aromatic rings. The van der Waals surface area contributed by atoms with Gasteiger partial charge in [0.2, 0.25) is 0 Å². The van der Waals surface area contributed by atoms with Crippen molar-refractivity contribution < 1.29 is 13.6 Å². The Morgan fingerprint density at radius 1 is 1.23 bits per heavy atom. The Kier molecular flexibility index (Phi) is 4.17. The number of carbonyl (C=O) groups excluding carboxylic acids is 1. The fourth-order valence-electron chi connectivity index (χ4n) is 1.92. The number of aryl methyl sites for hydroxylation is 1. The summed E-state index contributed by atoms with van der Waals surface area (Å²) < 4.78 is 12.5. The van der Waals surface area contributed by atoms with E-state index in [0.29, 0.717) is 11.3 Å². The van der Waals surface area contributed by atoms with Gasteiger partial charge in [-0.1, -0.05) is 15.9 Å². The molecule has 0 atom stereocenters. The minimum absolute atomic E-state index is 0.182. The van der Waals surface area contributed by atoms with E-state index in [9.17, 15) is 4.79 Å². The number of carbonyl (C=O) groups is 1. The first-order valence-electron chi connectivity index (χ1n) is 6.31. The first-order valence-corrected chi connectivity index (χ1v) is 7.90. The second-order valence-electron chi connectivity index (χ2n) is 4.56. The summed E-state index contributed by atoms with van der Waals surface area (Å²) in [7, 11) is 0. The molecule has 1 amide bonds. The monoisotopic (exact) mass is 424 g/mol. The lowest BCUT2D eigenvalue weighted by molar-refractivity contribution is 0.0929. The van der Waals surface area contributed by atoms with Crippen molar-refractivity contribution in [2.24, 2.45) is 5.10 Å². The molecule has 0 spiro atoms. The summed E-state index contributed by atoms with van der Waals surface area (Å²) in [6, 6.07) is 8.96. The number of nitrogens with one attached hydrogen (secondary N) is 1.